The highest BCUT2D eigenvalue weighted by Gasteiger charge is 2.34. The van der Waals surface area contributed by atoms with Gasteiger partial charge in [-0.05, 0) is 48.7 Å². The molecule has 2 fully saturated rings. The predicted octanol–water partition coefficient (Wildman–Crippen LogP) is 5.70. The number of anilines is 1. The number of aromatic amines is 1. The van der Waals surface area contributed by atoms with Crippen molar-refractivity contribution in [3.8, 4) is 11.3 Å². The predicted molar refractivity (Wildman–Crippen MR) is 148 cm³/mol. The molecule has 1 amide bonds. The van der Waals surface area contributed by atoms with Crippen molar-refractivity contribution in [3.05, 3.63) is 83.9 Å². The summed E-state index contributed by atoms with van der Waals surface area (Å²) in [7, 11) is 0. The summed E-state index contributed by atoms with van der Waals surface area (Å²) in [4.78, 5) is 15.7. The van der Waals surface area contributed by atoms with Crippen LogP contribution in [0.2, 0.25) is 0 Å². The van der Waals surface area contributed by atoms with E-state index < -0.39 is 0 Å². The fraction of sp³-hybridized carbons (Fsp3) is 0.355. The van der Waals surface area contributed by atoms with E-state index in [1.165, 1.54) is 30.5 Å². The first-order chi connectivity index (χ1) is 18.2. The van der Waals surface area contributed by atoms with Gasteiger partial charge in [0.15, 0.2) is 0 Å². The minimum atomic E-state index is -0.0300. The molecule has 37 heavy (non-hydrogen) atoms. The molecule has 6 nitrogen and oxygen atoms in total. The lowest BCUT2D eigenvalue weighted by Gasteiger charge is -2.38. The van der Waals surface area contributed by atoms with Crippen molar-refractivity contribution in [2.45, 2.75) is 37.5 Å². The first-order valence-electron chi connectivity index (χ1n) is 13.5. The second kappa shape index (κ2) is 10.4. The Morgan fingerprint density at radius 3 is 2.46 bits per heavy atom. The van der Waals surface area contributed by atoms with E-state index in [1.54, 1.807) is 0 Å². The minimum Gasteiger partial charge on any atom is -0.378 e. The Balaban J connectivity index is 1.21. The number of aromatic nitrogens is 2. The molecule has 1 saturated heterocycles. The molecule has 1 aromatic heterocycles. The summed E-state index contributed by atoms with van der Waals surface area (Å²) in [5.74, 6) is -0.0300. The van der Waals surface area contributed by atoms with Crippen molar-refractivity contribution in [1.82, 2.24) is 15.5 Å². The van der Waals surface area contributed by atoms with Crippen LogP contribution in [0.4, 0.5) is 5.69 Å². The molecule has 0 spiro atoms. The van der Waals surface area contributed by atoms with Crippen LogP contribution in [-0.2, 0) is 10.2 Å². The Morgan fingerprint density at radius 1 is 0.946 bits per heavy atom. The summed E-state index contributed by atoms with van der Waals surface area (Å²) in [6.07, 6.45) is 5.92. The number of morpholine rings is 1. The summed E-state index contributed by atoms with van der Waals surface area (Å²) in [6.45, 7) is 4.02. The average Bonchev–Trinajstić information content (AvgIpc) is 3.41. The standard InChI is InChI=1S/C31H34N4O2/c36-30(32-22-31(15-5-2-6-16-31)25-7-3-1-4-8-25)24-11-14-28-27(21-24)29(34-33-28)23-9-12-26(13-10-23)35-17-19-37-20-18-35/h1,3-4,7-14,21H,2,5-6,15-20,22H2,(H,32,36)(H,33,34). The lowest BCUT2D eigenvalue weighted by molar-refractivity contribution is 0.0936. The van der Waals surface area contributed by atoms with E-state index >= 15 is 0 Å². The van der Waals surface area contributed by atoms with Gasteiger partial charge in [-0.25, -0.2) is 0 Å². The lowest BCUT2D eigenvalue weighted by Crippen LogP contribution is -2.42. The van der Waals surface area contributed by atoms with Gasteiger partial charge in [0.1, 0.15) is 0 Å². The normalized spacial score (nSPS) is 17.6. The number of H-pyrrole nitrogens is 1. The zero-order valence-electron chi connectivity index (χ0n) is 21.2. The SMILES string of the molecule is O=C(NCC1(c2ccccc2)CCCCC1)c1ccc2[nH]nc(-c3ccc(N4CCOCC4)cc3)c2c1. The third-order valence-corrected chi connectivity index (χ3v) is 8.13. The number of amides is 1. The number of ether oxygens (including phenoxy) is 1. The molecule has 0 unspecified atom stereocenters. The summed E-state index contributed by atoms with van der Waals surface area (Å²) in [5.41, 5.74) is 6.04. The Labute approximate surface area is 218 Å². The third kappa shape index (κ3) is 4.86. The number of hydrogen-bond acceptors (Lipinski definition) is 4. The van der Waals surface area contributed by atoms with E-state index in [0.29, 0.717) is 12.1 Å². The number of benzene rings is 3. The monoisotopic (exact) mass is 494 g/mol. The summed E-state index contributed by atoms with van der Waals surface area (Å²) in [6, 6.07) is 25.0. The highest BCUT2D eigenvalue weighted by Crippen LogP contribution is 2.39. The molecule has 1 saturated carbocycles. The molecule has 3 aromatic carbocycles. The molecule has 190 valence electrons. The first kappa shape index (κ1) is 23.7. The van der Waals surface area contributed by atoms with Gasteiger partial charge >= 0.3 is 0 Å². The number of fused-ring (bicyclic) bond motifs is 1. The molecule has 1 aliphatic carbocycles. The van der Waals surface area contributed by atoms with Crippen LogP contribution < -0.4 is 10.2 Å². The number of hydrogen-bond donors (Lipinski definition) is 2. The number of carbonyl (C=O) groups is 1. The molecule has 0 radical (unpaired) electrons. The van der Waals surface area contributed by atoms with E-state index in [-0.39, 0.29) is 11.3 Å². The van der Waals surface area contributed by atoms with Crippen LogP contribution >= 0.6 is 0 Å². The van der Waals surface area contributed by atoms with Crippen molar-refractivity contribution in [2.24, 2.45) is 0 Å². The van der Waals surface area contributed by atoms with E-state index in [1.807, 2.05) is 18.2 Å². The van der Waals surface area contributed by atoms with Crippen molar-refractivity contribution in [3.63, 3.8) is 0 Å². The molecule has 1 aliphatic heterocycles. The maximum atomic E-state index is 13.3. The maximum absolute atomic E-state index is 13.3. The first-order valence-corrected chi connectivity index (χ1v) is 13.5. The molecule has 2 N–H and O–H groups in total. The van der Waals surface area contributed by atoms with Gasteiger partial charge in [-0.15, -0.1) is 0 Å². The van der Waals surface area contributed by atoms with Crippen LogP contribution in [0.25, 0.3) is 22.2 Å². The van der Waals surface area contributed by atoms with Crippen molar-refractivity contribution >= 4 is 22.5 Å². The minimum absolute atomic E-state index is 0.0162. The Kier molecular flexibility index (Phi) is 6.66. The van der Waals surface area contributed by atoms with Crippen LogP contribution in [0.3, 0.4) is 0 Å². The van der Waals surface area contributed by atoms with Crippen LogP contribution in [0.1, 0.15) is 48.0 Å². The van der Waals surface area contributed by atoms with Crippen LogP contribution in [0.15, 0.2) is 72.8 Å². The Morgan fingerprint density at radius 2 is 1.70 bits per heavy atom. The van der Waals surface area contributed by atoms with E-state index in [4.69, 9.17) is 4.74 Å². The van der Waals surface area contributed by atoms with Gasteiger partial charge in [-0.3, -0.25) is 9.89 Å². The van der Waals surface area contributed by atoms with E-state index in [2.05, 4.69) is 75.0 Å². The molecular weight excluding hydrogens is 460 g/mol. The highest BCUT2D eigenvalue weighted by molar-refractivity contribution is 6.01. The summed E-state index contributed by atoms with van der Waals surface area (Å²) < 4.78 is 5.47. The van der Waals surface area contributed by atoms with E-state index in [0.717, 1.165) is 61.3 Å². The quantitative estimate of drug-likeness (QED) is 0.361. The Hall–Kier alpha value is -3.64. The smallest absolute Gasteiger partial charge is 0.251 e. The molecule has 2 aliphatic rings. The van der Waals surface area contributed by atoms with Crippen LogP contribution in [0, 0.1) is 0 Å². The number of nitrogens with one attached hydrogen (secondary N) is 2. The molecular formula is C31H34N4O2. The van der Waals surface area contributed by atoms with Gasteiger partial charge in [0.25, 0.3) is 5.91 Å². The van der Waals surface area contributed by atoms with Gasteiger partial charge < -0.3 is 15.0 Å². The van der Waals surface area contributed by atoms with Crippen molar-refractivity contribution in [2.75, 3.05) is 37.7 Å². The van der Waals surface area contributed by atoms with Crippen LogP contribution in [-0.4, -0.2) is 49.0 Å². The second-order valence-corrected chi connectivity index (χ2v) is 10.4. The Bertz CT molecular complexity index is 1350. The fourth-order valence-electron chi connectivity index (χ4n) is 5.97. The zero-order chi connectivity index (χ0) is 25.1. The van der Waals surface area contributed by atoms with Crippen molar-refractivity contribution < 1.29 is 9.53 Å². The molecule has 6 heteroatoms. The molecule has 2 heterocycles. The van der Waals surface area contributed by atoms with Crippen molar-refractivity contribution in [1.29, 1.82) is 0 Å². The number of carbonyl (C=O) groups excluding carboxylic acids is 1. The maximum Gasteiger partial charge on any atom is 0.251 e. The molecule has 0 atom stereocenters. The second-order valence-electron chi connectivity index (χ2n) is 10.4. The molecule has 6 rings (SSSR count). The average molecular weight is 495 g/mol. The van der Waals surface area contributed by atoms with Gasteiger partial charge in [0.2, 0.25) is 0 Å². The lowest BCUT2D eigenvalue weighted by atomic mass is 9.69. The number of rotatable bonds is 6. The van der Waals surface area contributed by atoms with Crippen LogP contribution in [0.5, 0.6) is 0 Å². The van der Waals surface area contributed by atoms with Gasteiger partial charge in [0, 0.05) is 47.2 Å². The van der Waals surface area contributed by atoms with Gasteiger partial charge in [-0.1, -0.05) is 61.7 Å². The molecule has 4 aromatic rings. The number of nitrogens with zero attached hydrogens (tertiary/aromatic N) is 2. The third-order valence-electron chi connectivity index (χ3n) is 8.13. The highest BCUT2D eigenvalue weighted by atomic mass is 16.5. The topological polar surface area (TPSA) is 70.2 Å². The largest absolute Gasteiger partial charge is 0.378 e. The van der Waals surface area contributed by atoms with Gasteiger partial charge in [0.05, 0.1) is 24.4 Å². The fourth-order valence-corrected chi connectivity index (χ4v) is 5.97. The summed E-state index contributed by atoms with van der Waals surface area (Å²) in [5, 5.41) is 12.0. The molecule has 0 bridgehead atoms. The zero-order valence-corrected chi connectivity index (χ0v) is 21.2. The summed E-state index contributed by atoms with van der Waals surface area (Å²) >= 11 is 0. The van der Waals surface area contributed by atoms with Gasteiger partial charge in [-0.2, -0.15) is 5.10 Å². The van der Waals surface area contributed by atoms with E-state index in [9.17, 15) is 4.79 Å².